The van der Waals surface area contributed by atoms with Crippen molar-refractivity contribution in [1.29, 1.82) is 0 Å². The third-order valence-corrected chi connectivity index (χ3v) is 3.62. The van der Waals surface area contributed by atoms with E-state index < -0.39 is 0 Å². The fourth-order valence-electron chi connectivity index (χ4n) is 2.02. The standard InChI is InChI=1S/C12H16Cl2N2O/c13-9-7-11(14)12(15-8-9)16(5-2-6-17)10-3-1-4-10/h7-8,10,17H,1-6H2. The average molecular weight is 275 g/mol. The van der Waals surface area contributed by atoms with Crippen LogP contribution in [0.15, 0.2) is 12.3 Å². The monoisotopic (exact) mass is 274 g/mol. The molecule has 0 bridgehead atoms. The van der Waals surface area contributed by atoms with Crippen molar-refractivity contribution >= 4 is 29.0 Å². The van der Waals surface area contributed by atoms with Crippen LogP contribution in [0.1, 0.15) is 25.7 Å². The Labute approximate surface area is 111 Å². The van der Waals surface area contributed by atoms with Crippen molar-refractivity contribution in [1.82, 2.24) is 4.98 Å². The second-order valence-electron chi connectivity index (χ2n) is 4.31. The first kappa shape index (κ1) is 12.9. The minimum Gasteiger partial charge on any atom is -0.396 e. The minimum atomic E-state index is 0.189. The lowest BCUT2D eigenvalue weighted by Crippen LogP contribution is -2.41. The number of hydrogen-bond acceptors (Lipinski definition) is 3. The lowest BCUT2D eigenvalue weighted by atomic mass is 9.91. The van der Waals surface area contributed by atoms with Crippen LogP contribution in [0.3, 0.4) is 0 Å². The molecule has 1 saturated carbocycles. The van der Waals surface area contributed by atoms with Gasteiger partial charge >= 0.3 is 0 Å². The maximum absolute atomic E-state index is 8.95. The zero-order valence-electron chi connectivity index (χ0n) is 9.57. The normalized spacial score (nSPS) is 15.7. The fraction of sp³-hybridized carbons (Fsp3) is 0.583. The minimum absolute atomic E-state index is 0.189. The number of anilines is 1. The Morgan fingerprint density at radius 3 is 2.71 bits per heavy atom. The van der Waals surface area contributed by atoms with Gasteiger partial charge in [-0.3, -0.25) is 0 Å². The first-order valence-corrected chi connectivity index (χ1v) is 6.66. The molecule has 2 rings (SSSR count). The molecule has 5 heteroatoms. The summed E-state index contributed by atoms with van der Waals surface area (Å²) >= 11 is 12.0. The number of aliphatic hydroxyl groups is 1. The van der Waals surface area contributed by atoms with Crippen LogP contribution < -0.4 is 4.90 Å². The molecule has 1 fully saturated rings. The van der Waals surface area contributed by atoms with Crippen molar-refractivity contribution in [3.8, 4) is 0 Å². The van der Waals surface area contributed by atoms with Gasteiger partial charge in [0.1, 0.15) is 5.82 Å². The second kappa shape index (κ2) is 5.89. The molecule has 0 unspecified atom stereocenters. The van der Waals surface area contributed by atoms with Crippen molar-refractivity contribution in [2.24, 2.45) is 0 Å². The molecule has 1 aromatic heterocycles. The molecule has 0 saturated heterocycles. The zero-order chi connectivity index (χ0) is 12.3. The Morgan fingerprint density at radius 1 is 1.41 bits per heavy atom. The number of nitrogens with zero attached hydrogens (tertiary/aromatic N) is 2. The van der Waals surface area contributed by atoms with Gasteiger partial charge in [0, 0.05) is 25.4 Å². The number of hydrogen-bond donors (Lipinski definition) is 1. The van der Waals surface area contributed by atoms with Gasteiger partial charge in [-0.1, -0.05) is 23.2 Å². The number of halogens is 2. The van der Waals surface area contributed by atoms with Crippen molar-refractivity contribution in [2.75, 3.05) is 18.1 Å². The molecule has 0 aromatic carbocycles. The van der Waals surface area contributed by atoms with Crippen LogP contribution in [0, 0.1) is 0 Å². The highest BCUT2D eigenvalue weighted by Gasteiger charge is 2.26. The summed E-state index contributed by atoms with van der Waals surface area (Å²) < 4.78 is 0. The molecule has 1 heterocycles. The van der Waals surface area contributed by atoms with Gasteiger partial charge in [0.15, 0.2) is 0 Å². The van der Waals surface area contributed by atoms with Gasteiger partial charge < -0.3 is 10.0 Å². The summed E-state index contributed by atoms with van der Waals surface area (Å²) in [6.07, 6.45) is 5.95. The molecular formula is C12H16Cl2N2O. The van der Waals surface area contributed by atoms with E-state index in [4.69, 9.17) is 28.3 Å². The highest BCUT2D eigenvalue weighted by atomic mass is 35.5. The van der Waals surface area contributed by atoms with E-state index in [1.807, 2.05) is 0 Å². The third kappa shape index (κ3) is 3.03. The summed E-state index contributed by atoms with van der Waals surface area (Å²) in [4.78, 5) is 6.51. The van der Waals surface area contributed by atoms with Crippen molar-refractivity contribution in [3.63, 3.8) is 0 Å². The van der Waals surface area contributed by atoms with Gasteiger partial charge in [-0.2, -0.15) is 0 Å². The lowest BCUT2D eigenvalue weighted by Gasteiger charge is -2.38. The van der Waals surface area contributed by atoms with E-state index in [2.05, 4.69) is 9.88 Å². The molecule has 0 aliphatic heterocycles. The predicted octanol–water partition coefficient (Wildman–Crippen LogP) is 3.13. The Bertz CT molecular complexity index is 383. The van der Waals surface area contributed by atoms with Crippen LogP contribution in [-0.4, -0.2) is 29.3 Å². The topological polar surface area (TPSA) is 36.4 Å². The Kier molecular flexibility index (Phi) is 4.48. The highest BCUT2D eigenvalue weighted by molar-refractivity contribution is 6.36. The molecule has 1 aliphatic carbocycles. The summed E-state index contributed by atoms with van der Waals surface area (Å²) in [5.74, 6) is 0.786. The maximum atomic E-state index is 8.95. The van der Waals surface area contributed by atoms with E-state index in [1.165, 1.54) is 19.3 Å². The Balaban J connectivity index is 2.17. The first-order chi connectivity index (χ1) is 8.22. The number of aliphatic hydroxyl groups excluding tert-OH is 1. The zero-order valence-corrected chi connectivity index (χ0v) is 11.1. The number of pyridine rings is 1. The Hall–Kier alpha value is -0.510. The Morgan fingerprint density at radius 2 is 2.18 bits per heavy atom. The molecule has 0 atom stereocenters. The molecule has 0 amide bonds. The summed E-state index contributed by atoms with van der Waals surface area (Å²) in [6, 6.07) is 2.23. The molecule has 94 valence electrons. The molecule has 1 aliphatic rings. The molecule has 1 N–H and O–H groups in total. The van der Waals surface area contributed by atoms with E-state index in [0.717, 1.165) is 18.8 Å². The van der Waals surface area contributed by atoms with E-state index in [9.17, 15) is 0 Å². The van der Waals surface area contributed by atoms with E-state index in [0.29, 0.717) is 16.1 Å². The van der Waals surface area contributed by atoms with Gasteiger partial charge in [-0.05, 0) is 31.7 Å². The van der Waals surface area contributed by atoms with Crippen LogP contribution in [0.5, 0.6) is 0 Å². The van der Waals surface area contributed by atoms with Crippen LogP contribution in [0.2, 0.25) is 10.0 Å². The van der Waals surface area contributed by atoms with Gasteiger partial charge in [-0.15, -0.1) is 0 Å². The van der Waals surface area contributed by atoms with Gasteiger partial charge in [0.25, 0.3) is 0 Å². The smallest absolute Gasteiger partial charge is 0.147 e. The lowest BCUT2D eigenvalue weighted by molar-refractivity contribution is 0.282. The molecular weight excluding hydrogens is 259 g/mol. The summed E-state index contributed by atoms with van der Waals surface area (Å²) in [6.45, 7) is 0.976. The molecule has 3 nitrogen and oxygen atoms in total. The van der Waals surface area contributed by atoms with Crippen molar-refractivity contribution in [2.45, 2.75) is 31.7 Å². The van der Waals surface area contributed by atoms with E-state index in [1.54, 1.807) is 12.3 Å². The van der Waals surface area contributed by atoms with Crippen molar-refractivity contribution in [3.05, 3.63) is 22.3 Å². The number of rotatable bonds is 5. The fourth-order valence-corrected chi connectivity index (χ4v) is 2.51. The summed E-state index contributed by atoms with van der Waals surface area (Å²) in [5.41, 5.74) is 0. The van der Waals surface area contributed by atoms with Crippen LogP contribution in [-0.2, 0) is 0 Å². The SMILES string of the molecule is OCCCN(c1ncc(Cl)cc1Cl)C1CCC1. The predicted molar refractivity (Wildman–Crippen MR) is 70.9 cm³/mol. The maximum Gasteiger partial charge on any atom is 0.147 e. The van der Waals surface area contributed by atoms with E-state index in [-0.39, 0.29) is 6.61 Å². The molecule has 0 radical (unpaired) electrons. The summed E-state index contributed by atoms with van der Waals surface area (Å²) in [7, 11) is 0. The van der Waals surface area contributed by atoms with Crippen LogP contribution >= 0.6 is 23.2 Å². The quantitative estimate of drug-likeness (QED) is 0.896. The van der Waals surface area contributed by atoms with Gasteiger partial charge in [0.05, 0.1) is 10.0 Å². The largest absolute Gasteiger partial charge is 0.396 e. The number of aromatic nitrogens is 1. The van der Waals surface area contributed by atoms with Crippen molar-refractivity contribution < 1.29 is 5.11 Å². The van der Waals surface area contributed by atoms with Crippen LogP contribution in [0.25, 0.3) is 0 Å². The van der Waals surface area contributed by atoms with Crippen LogP contribution in [0.4, 0.5) is 5.82 Å². The third-order valence-electron chi connectivity index (χ3n) is 3.13. The van der Waals surface area contributed by atoms with Gasteiger partial charge in [0.2, 0.25) is 0 Å². The highest BCUT2D eigenvalue weighted by Crippen LogP contribution is 2.33. The molecule has 17 heavy (non-hydrogen) atoms. The summed E-state index contributed by atoms with van der Waals surface area (Å²) in [5, 5.41) is 10.1. The van der Waals surface area contributed by atoms with Gasteiger partial charge in [-0.25, -0.2) is 4.98 Å². The van der Waals surface area contributed by atoms with E-state index >= 15 is 0 Å². The first-order valence-electron chi connectivity index (χ1n) is 5.91. The average Bonchev–Trinajstić information content (AvgIpc) is 2.22. The molecule has 0 spiro atoms. The molecule has 1 aromatic rings. The second-order valence-corrected chi connectivity index (χ2v) is 5.16.